The Hall–Kier alpha value is -3.81. The summed E-state index contributed by atoms with van der Waals surface area (Å²) in [6.45, 7) is 3.33. The number of H-pyrrole nitrogens is 1. The van der Waals surface area contributed by atoms with Gasteiger partial charge in [-0.25, -0.2) is 9.38 Å². The van der Waals surface area contributed by atoms with E-state index >= 15 is 0 Å². The summed E-state index contributed by atoms with van der Waals surface area (Å²) in [5.74, 6) is 0.947. The lowest BCUT2D eigenvalue weighted by atomic mass is 10.1. The maximum atomic E-state index is 14.5. The minimum atomic E-state index is -0.327. The van der Waals surface area contributed by atoms with E-state index in [0.29, 0.717) is 24.7 Å². The van der Waals surface area contributed by atoms with Crippen LogP contribution in [0.3, 0.4) is 0 Å². The average molecular weight is 420 g/mol. The molecule has 0 saturated carbocycles. The lowest BCUT2D eigenvalue weighted by Gasteiger charge is -2.15. The van der Waals surface area contributed by atoms with Gasteiger partial charge in [0.15, 0.2) is 5.96 Å². The molecule has 1 atom stereocenters. The van der Waals surface area contributed by atoms with Crippen LogP contribution in [0.4, 0.5) is 10.1 Å². The van der Waals surface area contributed by atoms with Crippen molar-refractivity contribution < 1.29 is 9.13 Å². The highest BCUT2D eigenvalue weighted by molar-refractivity contribution is 5.79. The zero-order chi connectivity index (χ0) is 21.8. The van der Waals surface area contributed by atoms with E-state index in [-0.39, 0.29) is 11.9 Å². The fourth-order valence-electron chi connectivity index (χ4n) is 3.50. The molecule has 4 N–H and O–H groups in total. The fourth-order valence-corrected chi connectivity index (χ4v) is 3.50. The first-order valence-electron chi connectivity index (χ1n) is 9.99. The number of benzene rings is 2. The smallest absolute Gasteiger partial charge is 0.196 e. The van der Waals surface area contributed by atoms with E-state index in [1.807, 2.05) is 36.1 Å². The molecule has 1 aliphatic heterocycles. The second kappa shape index (κ2) is 8.91. The van der Waals surface area contributed by atoms with E-state index in [0.717, 1.165) is 16.9 Å². The number of anilines is 1. The third kappa shape index (κ3) is 4.69. The topological polar surface area (TPSA) is 91.6 Å². The van der Waals surface area contributed by atoms with E-state index in [4.69, 9.17) is 10.5 Å². The van der Waals surface area contributed by atoms with Gasteiger partial charge in [-0.05, 0) is 54.0 Å². The number of nitrogens with two attached hydrogens (primary N) is 1. The number of hydrogen-bond donors (Lipinski definition) is 3. The Morgan fingerprint density at radius 2 is 2.10 bits per heavy atom. The third-order valence-corrected chi connectivity index (χ3v) is 5.23. The summed E-state index contributed by atoms with van der Waals surface area (Å²) < 4.78 is 19.7. The molecule has 3 aromatic rings. The van der Waals surface area contributed by atoms with Gasteiger partial charge in [0.05, 0.1) is 19.0 Å². The molecule has 1 aromatic heterocycles. The van der Waals surface area contributed by atoms with Crippen molar-refractivity contribution in [2.75, 3.05) is 12.4 Å². The van der Waals surface area contributed by atoms with Gasteiger partial charge in [0, 0.05) is 37.1 Å². The summed E-state index contributed by atoms with van der Waals surface area (Å²) >= 11 is 0. The molecular formula is C23H25FN6O. The predicted molar refractivity (Wildman–Crippen MR) is 120 cm³/mol. The Morgan fingerprint density at radius 1 is 1.26 bits per heavy atom. The third-order valence-electron chi connectivity index (χ3n) is 5.23. The summed E-state index contributed by atoms with van der Waals surface area (Å²) in [4.78, 5) is 6.35. The maximum Gasteiger partial charge on any atom is 0.196 e. The Balaban J connectivity index is 1.35. The number of aromatic nitrogens is 2. The summed E-state index contributed by atoms with van der Waals surface area (Å²) in [5, 5.41) is 9.75. The van der Waals surface area contributed by atoms with Gasteiger partial charge in [-0.2, -0.15) is 5.10 Å². The van der Waals surface area contributed by atoms with Gasteiger partial charge in [0.1, 0.15) is 11.6 Å². The lowest BCUT2D eigenvalue weighted by Crippen LogP contribution is -2.32. The van der Waals surface area contributed by atoms with Crippen LogP contribution in [-0.2, 0) is 13.1 Å². The Labute approximate surface area is 180 Å². The largest absolute Gasteiger partial charge is 0.497 e. The van der Waals surface area contributed by atoms with E-state index in [1.54, 1.807) is 31.8 Å². The van der Waals surface area contributed by atoms with Crippen LogP contribution in [0.25, 0.3) is 11.1 Å². The molecule has 8 heteroatoms. The van der Waals surface area contributed by atoms with Crippen LogP contribution in [0.5, 0.6) is 5.75 Å². The highest BCUT2D eigenvalue weighted by Crippen LogP contribution is 2.26. The SMILES string of the molecule is COc1ccc2c(c1)CN(C(N)=N/C=C\C(C)Nc1ccc(-c3cn[nH]c3)cc1F)C2. The van der Waals surface area contributed by atoms with Crippen LogP contribution < -0.4 is 15.8 Å². The predicted octanol–water partition coefficient (Wildman–Crippen LogP) is 3.87. The summed E-state index contributed by atoms with van der Waals surface area (Å²) in [6.07, 6.45) is 6.87. The molecule has 0 saturated heterocycles. The number of hydrogen-bond acceptors (Lipinski definition) is 4. The van der Waals surface area contributed by atoms with Crippen molar-refractivity contribution in [2.45, 2.75) is 26.1 Å². The fraction of sp³-hybridized carbons (Fsp3) is 0.217. The van der Waals surface area contributed by atoms with Crippen LogP contribution >= 0.6 is 0 Å². The average Bonchev–Trinajstić information content (AvgIpc) is 3.44. The maximum absolute atomic E-state index is 14.5. The molecule has 1 unspecified atom stereocenters. The number of aromatic amines is 1. The summed E-state index contributed by atoms with van der Waals surface area (Å²) in [7, 11) is 1.66. The van der Waals surface area contributed by atoms with Crippen LogP contribution in [0.2, 0.25) is 0 Å². The number of nitrogens with one attached hydrogen (secondary N) is 2. The van der Waals surface area contributed by atoms with Crippen molar-refractivity contribution in [1.29, 1.82) is 0 Å². The molecule has 31 heavy (non-hydrogen) atoms. The lowest BCUT2D eigenvalue weighted by molar-refractivity contribution is 0.413. The van der Waals surface area contributed by atoms with Crippen LogP contribution in [0.1, 0.15) is 18.1 Å². The quantitative estimate of drug-likeness (QED) is 0.416. The van der Waals surface area contributed by atoms with Crippen LogP contribution in [0.15, 0.2) is 66.1 Å². The molecule has 2 aromatic carbocycles. The summed E-state index contributed by atoms with van der Waals surface area (Å²) in [5.41, 5.74) is 10.6. The monoisotopic (exact) mass is 420 g/mol. The molecular weight excluding hydrogens is 395 g/mol. The van der Waals surface area contributed by atoms with E-state index in [1.165, 1.54) is 17.2 Å². The molecule has 0 amide bonds. The van der Waals surface area contributed by atoms with Gasteiger partial charge in [-0.3, -0.25) is 5.10 Å². The second-order valence-corrected chi connectivity index (χ2v) is 7.43. The van der Waals surface area contributed by atoms with Crippen LogP contribution in [0, 0.1) is 5.82 Å². The molecule has 1 aliphatic rings. The number of ether oxygens (including phenoxy) is 1. The van der Waals surface area contributed by atoms with E-state index in [9.17, 15) is 4.39 Å². The summed E-state index contributed by atoms with van der Waals surface area (Å²) in [6, 6.07) is 10.9. The molecule has 7 nitrogen and oxygen atoms in total. The number of halogens is 1. The minimum absolute atomic E-state index is 0.133. The van der Waals surface area contributed by atoms with Crippen molar-refractivity contribution in [3.8, 4) is 16.9 Å². The molecule has 0 bridgehead atoms. The van der Waals surface area contributed by atoms with Gasteiger partial charge in [0.2, 0.25) is 0 Å². The highest BCUT2D eigenvalue weighted by Gasteiger charge is 2.20. The van der Waals surface area contributed by atoms with Crippen LogP contribution in [-0.4, -0.2) is 34.2 Å². The van der Waals surface area contributed by atoms with Gasteiger partial charge >= 0.3 is 0 Å². The number of methoxy groups -OCH3 is 1. The highest BCUT2D eigenvalue weighted by atomic mass is 19.1. The zero-order valence-corrected chi connectivity index (χ0v) is 17.5. The van der Waals surface area contributed by atoms with Gasteiger partial charge in [-0.15, -0.1) is 0 Å². The normalized spacial score (nSPS) is 14.7. The van der Waals surface area contributed by atoms with Crippen molar-refractivity contribution in [2.24, 2.45) is 10.7 Å². The molecule has 0 radical (unpaired) electrons. The Morgan fingerprint density at radius 3 is 2.84 bits per heavy atom. The standard InChI is InChI=1S/C23H25FN6O/c1-15(29-22-6-4-16(10-21(22)24)19-11-27-28-12-19)7-8-26-23(25)30-13-17-3-5-20(31-2)9-18(17)14-30/h3-12,15,29H,13-14H2,1-2H3,(H2,25,26)(H,27,28)/b8-7-. The Kier molecular flexibility index (Phi) is 5.88. The molecule has 0 aliphatic carbocycles. The second-order valence-electron chi connectivity index (χ2n) is 7.43. The zero-order valence-electron chi connectivity index (χ0n) is 17.5. The first kappa shape index (κ1) is 20.5. The van der Waals surface area contributed by atoms with Crippen molar-refractivity contribution >= 4 is 11.6 Å². The number of rotatable bonds is 6. The van der Waals surface area contributed by atoms with Crippen molar-refractivity contribution in [1.82, 2.24) is 15.1 Å². The molecule has 160 valence electrons. The molecule has 4 rings (SSSR count). The number of aliphatic imine (C=N–C) groups is 1. The molecule has 2 heterocycles. The van der Waals surface area contributed by atoms with Crippen molar-refractivity contribution in [3.05, 3.63) is 78.0 Å². The number of guanidine groups is 1. The molecule has 0 fully saturated rings. The number of fused-ring (bicyclic) bond motifs is 1. The van der Waals surface area contributed by atoms with E-state index < -0.39 is 0 Å². The van der Waals surface area contributed by atoms with Gasteiger partial charge in [-0.1, -0.05) is 12.1 Å². The number of nitrogens with zero attached hydrogens (tertiary/aromatic N) is 3. The molecule has 0 spiro atoms. The van der Waals surface area contributed by atoms with Crippen molar-refractivity contribution in [3.63, 3.8) is 0 Å². The minimum Gasteiger partial charge on any atom is -0.497 e. The Bertz CT molecular complexity index is 1110. The van der Waals surface area contributed by atoms with E-state index in [2.05, 4.69) is 26.6 Å². The van der Waals surface area contributed by atoms with Gasteiger partial charge in [0.25, 0.3) is 0 Å². The first-order chi connectivity index (χ1) is 15.0. The first-order valence-corrected chi connectivity index (χ1v) is 9.99. The van der Waals surface area contributed by atoms with Gasteiger partial charge < -0.3 is 20.7 Å².